The molecule has 4 rings (SSSR count). The van der Waals surface area contributed by atoms with Gasteiger partial charge in [0.1, 0.15) is 5.82 Å². The van der Waals surface area contributed by atoms with Crippen LogP contribution in [0.5, 0.6) is 0 Å². The lowest BCUT2D eigenvalue weighted by molar-refractivity contribution is 0.1000. The first-order valence-corrected chi connectivity index (χ1v) is 10.9. The fourth-order valence-electron chi connectivity index (χ4n) is 2.69. The van der Waals surface area contributed by atoms with Crippen LogP contribution in [-0.2, 0) is 6.54 Å². The molecule has 0 aliphatic carbocycles. The normalized spacial score (nSPS) is 10.6. The van der Waals surface area contributed by atoms with Crippen LogP contribution in [0.4, 0.5) is 9.93 Å². The van der Waals surface area contributed by atoms with Crippen molar-refractivity contribution in [1.82, 2.24) is 20.3 Å². The maximum atomic E-state index is 12.2. The molecule has 2 aromatic heterocycles. The summed E-state index contributed by atoms with van der Waals surface area (Å²) in [6.07, 6.45) is 3.43. The third kappa shape index (κ3) is 5.50. The summed E-state index contributed by atoms with van der Waals surface area (Å²) >= 11 is 2.84. The van der Waals surface area contributed by atoms with Crippen LogP contribution in [-0.4, -0.2) is 26.9 Å². The Kier molecular flexibility index (Phi) is 6.29. The molecule has 0 saturated heterocycles. The lowest BCUT2D eigenvalue weighted by atomic mass is 10.2. The highest BCUT2D eigenvalue weighted by Crippen LogP contribution is 2.34. The number of nitrogens with one attached hydrogen (secondary N) is 3. The van der Waals surface area contributed by atoms with E-state index in [1.807, 2.05) is 42.5 Å². The number of nitrogens with two attached hydrogens (primary N) is 1. The van der Waals surface area contributed by atoms with Gasteiger partial charge in [-0.3, -0.25) is 10.1 Å². The largest absolute Gasteiger partial charge is 0.366 e. The molecule has 31 heavy (non-hydrogen) atoms. The molecular weight excluding hydrogens is 432 g/mol. The summed E-state index contributed by atoms with van der Waals surface area (Å²) in [6, 6.07) is 16.5. The first-order chi connectivity index (χ1) is 15.1. The minimum absolute atomic E-state index is 0.262. The second-order valence-electron chi connectivity index (χ2n) is 6.39. The van der Waals surface area contributed by atoms with Gasteiger partial charge in [-0.25, -0.2) is 14.8 Å². The van der Waals surface area contributed by atoms with Gasteiger partial charge in [0.25, 0.3) is 0 Å². The molecule has 10 heteroatoms. The molecule has 4 aromatic rings. The SMILES string of the molecule is NC(=O)c1ccc(Sc2cnc(NC(=O)NCc3ncc(-c4ccccc4)[nH]3)s2)cc1. The van der Waals surface area contributed by atoms with E-state index in [4.69, 9.17) is 5.73 Å². The third-order valence-electron chi connectivity index (χ3n) is 4.19. The molecule has 0 bridgehead atoms. The van der Waals surface area contributed by atoms with Gasteiger partial charge in [-0.05, 0) is 29.8 Å². The van der Waals surface area contributed by atoms with E-state index in [1.165, 1.54) is 23.1 Å². The van der Waals surface area contributed by atoms with Crippen LogP contribution in [0.25, 0.3) is 11.3 Å². The van der Waals surface area contributed by atoms with Crippen LogP contribution in [0.1, 0.15) is 16.2 Å². The predicted octanol–water partition coefficient (Wildman–Crippen LogP) is 4.11. The van der Waals surface area contributed by atoms with Crippen LogP contribution in [0.3, 0.4) is 0 Å². The minimum atomic E-state index is -0.460. The van der Waals surface area contributed by atoms with E-state index in [9.17, 15) is 9.59 Å². The Morgan fingerprint density at radius 1 is 1.03 bits per heavy atom. The Bertz CT molecular complexity index is 1190. The summed E-state index contributed by atoms with van der Waals surface area (Å²) in [7, 11) is 0. The number of aromatic nitrogens is 3. The molecule has 156 valence electrons. The van der Waals surface area contributed by atoms with Gasteiger partial charge in [0.2, 0.25) is 5.91 Å². The monoisotopic (exact) mass is 450 g/mol. The summed E-state index contributed by atoms with van der Waals surface area (Å²) in [5, 5.41) is 5.97. The molecule has 0 aliphatic rings. The number of carbonyl (C=O) groups excluding carboxylic acids is 2. The number of primary amides is 1. The van der Waals surface area contributed by atoms with Gasteiger partial charge < -0.3 is 16.0 Å². The Morgan fingerprint density at radius 3 is 2.55 bits per heavy atom. The molecule has 8 nitrogen and oxygen atoms in total. The quantitative estimate of drug-likeness (QED) is 0.337. The average molecular weight is 451 g/mol. The van der Waals surface area contributed by atoms with Crippen molar-refractivity contribution in [2.24, 2.45) is 5.73 Å². The number of urea groups is 1. The molecule has 0 unspecified atom stereocenters. The van der Waals surface area contributed by atoms with Gasteiger partial charge >= 0.3 is 6.03 Å². The van der Waals surface area contributed by atoms with E-state index in [-0.39, 0.29) is 12.6 Å². The molecule has 3 amide bonds. The zero-order chi connectivity index (χ0) is 21.6. The van der Waals surface area contributed by atoms with Crippen molar-refractivity contribution in [2.45, 2.75) is 15.6 Å². The Morgan fingerprint density at radius 2 is 1.81 bits per heavy atom. The minimum Gasteiger partial charge on any atom is -0.366 e. The van der Waals surface area contributed by atoms with E-state index in [0.717, 1.165) is 20.4 Å². The Hall–Kier alpha value is -3.63. The van der Waals surface area contributed by atoms with Gasteiger partial charge in [-0.1, -0.05) is 53.4 Å². The second kappa shape index (κ2) is 9.45. The predicted molar refractivity (Wildman–Crippen MR) is 121 cm³/mol. The summed E-state index contributed by atoms with van der Waals surface area (Å²) in [6.45, 7) is 0.262. The molecular formula is C21H18N6O2S2. The van der Waals surface area contributed by atoms with E-state index < -0.39 is 5.91 Å². The molecule has 0 saturated carbocycles. The molecule has 0 aliphatic heterocycles. The van der Waals surface area contributed by atoms with Crippen molar-refractivity contribution >= 4 is 40.2 Å². The smallest absolute Gasteiger partial charge is 0.321 e. The molecule has 2 aromatic carbocycles. The van der Waals surface area contributed by atoms with Gasteiger partial charge in [0.05, 0.1) is 28.8 Å². The van der Waals surface area contributed by atoms with E-state index >= 15 is 0 Å². The van der Waals surface area contributed by atoms with Crippen molar-refractivity contribution in [1.29, 1.82) is 0 Å². The lowest BCUT2D eigenvalue weighted by Crippen LogP contribution is -2.28. The number of nitrogens with zero attached hydrogens (tertiary/aromatic N) is 2. The molecule has 0 spiro atoms. The Balaban J connectivity index is 1.28. The number of anilines is 1. The summed E-state index contributed by atoms with van der Waals surface area (Å²) in [4.78, 5) is 36.0. The standard InChI is InChI=1S/C21H18N6O2S2/c22-19(28)14-6-8-15(9-7-14)30-18-12-25-21(31-18)27-20(29)24-11-17-23-10-16(26-17)13-4-2-1-3-5-13/h1-10,12H,11H2,(H2,22,28)(H,23,26)(H2,24,25,27,29). The van der Waals surface area contributed by atoms with Crippen molar-refractivity contribution in [3.8, 4) is 11.3 Å². The maximum Gasteiger partial charge on any atom is 0.321 e. The highest BCUT2D eigenvalue weighted by molar-refractivity contribution is 8.01. The molecule has 5 N–H and O–H groups in total. The fraction of sp³-hybridized carbons (Fsp3) is 0.0476. The third-order valence-corrected chi connectivity index (χ3v) is 6.21. The highest BCUT2D eigenvalue weighted by atomic mass is 32.2. The molecule has 2 heterocycles. The van der Waals surface area contributed by atoms with Crippen molar-refractivity contribution in [3.05, 3.63) is 78.4 Å². The van der Waals surface area contributed by atoms with Crippen molar-refractivity contribution in [3.63, 3.8) is 0 Å². The Labute approximate surface area is 186 Å². The zero-order valence-electron chi connectivity index (χ0n) is 16.2. The van der Waals surface area contributed by atoms with Gasteiger partial charge in [0, 0.05) is 10.5 Å². The number of hydrogen-bond acceptors (Lipinski definition) is 6. The maximum absolute atomic E-state index is 12.2. The lowest BCUT2D eigenvalue weighted by Gasteiger charge is -2.03. The molecule has 0 radical (unpaired) electrons. The number of aromatic amines is 1. The number of thiazole rings is 1. The van der Waals surface area contributed by atoms with Crippen molar-refractivity contribution in [2.75, 3.05) is 5.32 Å². The van der Waals surface area contributed by atoms with Crippen LogP contribution < -0.4 is 16.4 Å². The number of H-pyrrole nitrogens is 1. The number of amides is 3. The fourth-order valence-corrected chi connectivity index (χ4v) is 4.54. The van der Waals surface area contributed by atoms with Crippen LogP contribution in [0, 0.1) is 0 Å². The number of hydrogen-bond donors (Lipinski definition) is 4. The number of rotatable bonds is 7. The number of benzene rings is 2. The molecule has 0 fully saturated rings. The van der Waals surface area contributed by atoms with Gasteiger partial charge in [-0.2, -0.15) is 0 Å². The second-order valence-corrected chi connectivity index (χ2v) is 8.80. The first kappa shape index (κ1) is 20.6. The number of imidazole rings is 1. The summed E-state index contributed by atoms with van der Waals surface area (Å²) in [5.41, 5.74) is 7.63. The van der Waals surface area contributed by atoms with Crippen LogP contribution in [0.2, 0.25) is 0 Å². The number of carbonyl (C=O) groups is 2. The average Bonchev–Trinajstić information content (AvgIpc) is 3.43. The first-order valence-electron chi connectivity index (χ1n) is 9.24. The van der Waals surface area contributed by atoms with Gasteiger partial charge in [-0.15, -0.1) is 0 Å². The van der Waals surface area contributed by atoms with E-state index in [1.54, 1.807) is 24.5 Å². The topological polar surface area (TPSA) is 126 Å². The summed E-state index contributed by atoms with van der Waals surface area (Å²) < 4.78 is 0.903. The highest BCUT2D eigenvalue weighted by Gasteiger charge is 2.09. The summed E-state index contributed by atoms with van der Waals surface area (Å²) in [5.74, 6) is 0.196. The van der Waals surface area contributed by atoms with Gasteiger partial charge in [0.15, 0.2) is 5.13 Å². The van der Waals surface area contributed by atoms with Crippen LogP contribution in [0.15, 0.2) is 76.1 Å². The van der Waals surface area contributed by atoms with Crippen molar-refractivity contribution < 1.29 is 9.59 Å². The molecule has 0 atom stereocenters. The van der Waals surface area contributed by atoms with E-state index in [0.29, 0.717) is 16.5 Å². The van der Waals surface area contributed by atoms with E-state index in [2.05, 4.69) is 25.6 Å². The zero-order valence-corrected chi connectivity index (χ0v) is 17.8. The van der Waals surface area contributed by atoms with Crippen LogP contribution >= 0.6 is 23.1 Å².